The second-order valence-electron chi connectivity index (χ2n) is 4.56. The molecule has 0 bridgehead atoms. The Morgan fingerprint density at radius 1 is 1.18 bits per heavy atom. The van der Waals surface area contributed by atoms with Crippen molar-refractivity contribution in [2.45, 2.75) is 0 Å². The lowest BCUT2D eigenvalue weighted by Gasteiger charge is -2.09. The number of nitrogens with zero attached hydrogens (tertiary/aromatic N) is 1. The average Bonchev–Trinajstić information content (AvgIpc) is 2.99. The third kappa shape index (κ3) is 3.03. The molecule has 7 heteroatoms. The van der Waals surface area contributed by atoms with Gasteiger partial charge in [-0.3, -0.25) is 10.1 Å². The van der Waals surface area contributed by atoms with Crippen molar-refractivity contribution in [2.75, 3.05) is 25.3 Å². The monoisotopic (exact) mass is 302 g/mol. The van der Waals surface area contributed by atoms with Gasteiger partial charge in [0.05, 0.1) is 4.92 Å². The van der Waals surface area contributed by atoms with Crippen molar-refractivity contribution in [1.29, 1.82) is 0 Å². The van der Waals surface area contributed by atoms with Crippen LogP contribution in [-0.2, 0) is 0 Å². The summed E-state index contributed by atoms with van der Waals surface area (Å²) in [5, 5.41) is 13.9. The van der Waals surface area contributed by atoms with Crippen molar-refractivity contribution in [3.8, 4) is 17.2 Å². The number of hydrogen-bond donors (Lipinski definition) is 1. The third-order valence-corrected chi connectivity index (χ3v) is 3.13. The van der Waals surface area contributed by atoms with Crippen LogP contribution in [0, 0.1) is 10.1 Å². The van der Waals surface area contributed by atoms with Gasteiger partial charge in [0.25, 0.3) is 5.69 Å². The van der Waals surface area contributed by atoms with Crippen molar-refractivity contribution in [3.05, 3.63) is 52.6 Å². The highest BCUT2D eigenvalue weighted by molar-refractivity contribution is 5.61. The van der Waals surface area contributed by atoms with Crippen LogP contribution < -0.4 is 19.5 Å². The Morgan fingerprint density at radius 2 is 2.00 bits per heavy atom. The third-order valence-electron chi connectivity index (χ3n) is 3.13. The summed E-state index contributed by atoms with van der Waals surface area (Å²) in [6.07, 6.45) is 0. The van der Waals surface area contributed by atoms with Crippen LogP contribution in [0.1, 0.15) is 0 Å². The molecule has 0 fully saturated rings. The molecular formula is C15H14N2O5. The Hall–Kier alpha value is -2.96. The molecule has 1 heterocycles. The van der Waals surface area contributed by atoms with E-state index in [-0.39, 0.29) is 12.5 Å². The normalized spacial score (nSPS) is 12.0. The van der Waals surface area contributed by atoms with Gasteiger partial charge in [-0.1, -0.05) is 12.1 Å². The van der Waals surface area contributed by atoms with Crippen LogP contribution >= 0.6 is 0 Å². The molecule has 1 aliphatic rings. The number of nitro benzene ring substituents is 1. The first-order valence-electron chi connectivity index (χ1n) is 6.74. The van der Waals surface area contributed by atoms with Crippen LogP contribution in [0.2, 0.25) is 0 Å². The zero-order valence-electron chi connectivity index (χ0n) is 11.7. The number of nitro groups is 1. The van der Waals surface area contributed by atoms with Gasteiger partial charge in [-0.15, -0.1) is 0 Å². The Kier molecular flexibility index (Phi) is 3.95. The Bertz CT molecular complexity index is 689. The van der Waals surface area contributed by atoms with Crippen LogP contribution in [0.5, 0.6) is 17.2 Å². The van der Waals surface area contributed by atoms with E-state index >= 15 is 0 Å². The molecule has 2 aromatic carbocycles. The molecule has 0 radical (unpaired) electrons. The minimum Gasteiger partial charge on any atom is -0.492 e. The van der Waals surface area contributed by atoms with Gasteiger partial charge in [0.2, 0.25) is 6.79 Å². The minimum atomic E-state index is -0.416. The van der Waals surface area contributed by atoms with Crippen LogP contribution in [0.15, 0.2) is 42.5 Å². The van der Waals surface area contributed by atoms with Gasteiger partial charge < -0.3 is 19.5 Å². The number of fused-ring (bicyclic) bond motifs is 1. The molecular weight excluding hydrogens is 288 g/mol. The molecule has 0 spiro atoms. The quantitative estimate of drug-likeness (QED) is 0.502. The maximum atomic E-state index is 10.9. The van der Waals surface area contributed by atoms with Crippen LogP contribution in [0.4, 0.5) is 11.4 Å². The molecule has 22 heavy (non-hydrogen) atoms. The lowest BCUT2D eigenvalue weighted by atomic mass is 10.2. The molecule has 0 atom stereocenters. The highest BCUT2D eigenvalue weighted by Crippen LogP contribution is 2.35. The summed E-state index contributed by atoms with van der Waals surface area (Å²) in [5.74, 6) is 2.02. The number of benzene rings is 2. The highest BCUT2D eigenvalue weighted by atomic mass is 16.7. The molecule has 2 aromatic rings. The fraction of sp³-hybridized carbons (Fsp3) is 0.200. The predicted octanol–water partition coefficient (Wildman–Crippen LogP) is 2.81. The second-order valence-corrected chi connectivity index (χ2v) is 4.56. The Balaban J connectivity index is 1.53. The van der Waals surface area contributed by atoms with Crippen molar-refractivity contribution in [3.63, 3.8) is 0 Å². The Morgan fingerprint density at radius 3 is 2.86 bits per heavy atom. The molecule has 0 aliphatic carbocycles. The maximum absolute atomic E-state index is 10.9. The summed E-state index contributed by atoms with van der Waals surface area (Å²) >= 11 is 0. The number of para-hydroxylation sites is 2. The van der Waals surface area contributed by atoms with E-state index in [1.54, 1.807) is 36.4 Å². The minimum absolute atomic E-state index is 0.0468. The molecule has 0 saturated carbocycles. The summed E-state index contributed by atoms with van der Waals surface area (Å²) in [5.41, 5.74) is 0.521. The van der Waals surface area contributed by atoms with Gasteiger partial charge in [-0.25, -0.2) is 0 Å². The zero-order chi connectivity index (χ0) is 15.4. The summed E-state index contributed by atoms with van der Waals surface area (Å²) < 4.78 is 16.1. The van der Waals surface area contributed by atoms with Crippen molar-refractivity contribution >= 4 is 11.4 Å². The molecule has 0 aromatic heterocycles. The molecule has 7 nitrogen and oxygen atoms in total. The SMILES string of the molecule is O=[N+]([O-])c1ccccc1NCCOc1ccc2c(c1)OCO2. The fourth-order valence-corrected chi connectivity index (χ4v) is 2.10. The van der Waals surface area contributed by atoms with Gasteiger partial charge >= 0.3 is 0 Å². The predicted molar refractivity (Wildman–Crippen MR) is 79.6 cm³/mol. The lowest BCUT2D eigenvalue weighted by molar-refractivity contribution is -0.384. The van der Waals surface area contributed by atoms with Gasteiger partial charge in [0.15, 0.2) is 11.5 Å². The molecule has 1 aliphatic heterocycles. The molecule has 1 N–H and O–H groups in total. The van der Waals surface area contributed by atoms with Crippen LogP contribution in [-0.4, -0.2) is 24.9 Å². The summed E-state index contributed by atoms with van der Waals surface area (Å²) in [6.45, 7) is 1.03. The van der Waals surface area contributed by atoms with Crippen molar-refractivity contribution in [2.24, 2.45) is 0 Å². The van der Waals surface area contributed by atoms with Crippen LogP contribution in [0.3, 0.4) is 0 Å². The van der Waals surface area contributed by atoms with Crippen molar-refractivity contribution < 1.29 is 19.1 Å². The number of nitrogens with one attached hydrogen (secondary N) is 1. The van der Waals surface area contributed by atoms with E-state index in [2.05, 4.69) is 5.32 Å². The number of anilines is 1. The van der Waals surface area contributed by atoms with E-state index in [1.165, 1.54) is 6.07 Å². The maximum Gasteiger partial charge on any atom is 0.292 e. The Labute approximate surface area is 126 Å². The summed E-state index contributed by atoms with van der Waals surface area (Å²) in [6, 6.07) is 11.8. The summed E-state index contributed by atoms with van der Waals surface area (Å²) in [7, 11) is 0. The number of rotatable bonds is 6. The van der Waals surface area contributed by atoms with E-state index in [1.807, 2.05) is 0 Å². The first-order valence-corrected chi connectivity index (χ1v) is 6.74. The first kappa shape index (κ1) is 14.0. The first-order chi connectivity index (χ1) is 10.7. The highest BCUT2D eigenvalue weighted by Gasteiger charge is 2.14. The number of ether oxygens (including phenoxy) is 3. The van der Waals surface area contributed by atoms with Gasteiger partial charge in [0, 0.05) is 18.7 Å². The molecule has 0 amide bonds. The van der Waals surface area contributed by atoms with Gasteiger partial charge in [-0.05, 0) is 18.2 Å². The molecule has 114 valence electrons. The van der Waals surface area contributed by atoms with E-state index in [9.17, 15) is 10.1 Å². The van der Waals surface area contributed by atoms with E-state index in [4.69, 9.17) is 14.2 Å². The lowest BCUT2D eigenvalue weighted by Crippen LogP contribution is -2.12. The summed E-state index contributed by atoms with van der Waals surface area (Å²) in [4.78, 5) is 10.5. The van der Waals surface area contributed by atoms with E-state index in [0.717, 1.165) is 0 Å². The number of hydrogen-bond acceptors (Lipinski definition) is 6. The van der Waals surface area contributed by atoms with Gasteiger partial charge in [0.1, 0.15) is 18.0 Å². The topological polar surface area (TPSA) is 82.9 Å². The van der Waals surface area contributed by atoms with E-state index in [0.29, 0.717) is 36.1 Å². The van der Waals surface area contributed by atoms with Crippen LogP contribution in [0.25, 0.3) is 0 Å². The fourth-order valence-electron chi connectivity index (χ4n) is 2.10. The van der Waals surface area contributed by atoms with Gasteiger partial charge in [-0.2, -0.15) is 0 Å². The second kappa shape index (κ2) is 6.21. The zero-order valence-corrected chi connectivity index (χ0v) is 11.7. The smallest absolute Gasteiger partial charge is 0.292 e. The van der Waals surface area contributed by atoms with Crippen molar-refractivity contribution in [1.82, 2.24) is 0 Å². The molecule has 0 saturated heterocycles. The van der Waals surface area contributed by atoms with E-state index < -0.39 is 4.92 Å². The largest absolute Gasteiger partial charge is 0.492 e. The molecule has 0 unspecified atom stereocenters. The average molecular weight is 302 g/mol. The molecule has 3 rings (SSSR count). The standard InChI is InChI=1S/C15H14N2O5/c18-17(19)13-4-2-1-3-12(13)16-7-8-20-11-5-6-14-15(9-11)22-10-21-14/h1-6,9,16H,7-8,10H2.